The molecule has 1 aliphatic heterocycles. The van der Waals surface area contributed by atoms with Gasteiger partial charge >= 0.3 is 5.97 Å². The van der Waals surface area contributed by atoms with Gasteiger partial charge in [-0.2, -0.15) is 0 Å². The number of cyclic esters (lactones) is 1. The summed E-state index contributed by atoms with van der Waals surface area (Å²) in [5.74, 6) is -0.522. The number of nitro groups is 1. The first-order valence-corrected chi connectivity index (χ1v) is 6.64. The number of halogens is 1. The summed E-state index contributed by atoms with van der Waals surface area (Å²) in [4.78, 5) is 22.4. The number of esters is 1. The van der Waals surface area contributed by atoms with Crippen molar-refractivity contribution >= 4 is 21.9 Å². The molecule has 1 aromatic carbocycles. The monoisotopic (exact) mass is 313 g/mol. The van der Waals surface area contributed by atoms with Gasteiger partial charge in [0.05, 0.1) is 11.8 Å². The first-order valence-electron chi connectivity index (χ1n) is 5.52. The zero-order valence-electron chi connectivity index (χ0n) is 9.54. The van der Waals surface area contributed by atoms with Crippen molar-refractivity contribution in [3.63, 3.8) is 0 Å². The normalized spacial score (nSPS) is 27.6. The van der Waals surface area contributed by atoms with Crippen molar-refractivity contribution in [2.75, 3.05) is 5.33 Å². The third kappa shape index (κ3) is 2.38. The van der Waals surface area contributed by atoms with Crippen LogP contribution in [0.2, 0.25) is 0 Å². The zero-order valence-corrected chi connectivity index (χ0v) is 11.1. The summed E-state index contributed by atoms with van der Waals surface area (Å²) in [6.45, 7) is 0. The van der Waals surface area contributed by atoms with Gasteiger partial charge in [0, 0.05) is 4.92 Å². The predicted molar refractivity (Wildman–Crippen MR) is 68.0 cm³/mol. The molecule has 1 aliphatic rings. The van der Waals surface area contributed by atoms with Crippen LogP contribution in [0.25, 0.3) is 0 Å². The Morgan fingerprint density at radius 1 is 1.44 bits per heavy atom. The van der Waals surface area contributed by atoms with Gasteiger partial charge in [-0.05, 0) is 5.56 Å². The smallest absolute Gasteiger partial charge is 0.313 e. The Bertz CT molecular complexity index is 464. The van der Waals surface area contributed by atoms with Crippen LogP contribution in [0.5, 0.6) is 0 Å². The molecule has 0 aromatic heterocycles. The van der Waals surface area contributed by atoms with Gasteiger partial charge in [0.2, 0.25) is 5.54 Å². The zero-order chi connectivity index (χ0) is 13.2. The second-order valence-electron chi connectivity index (χ2n) is 4.39. The fraction of sp³-hybridized carbons (Fsp3) is 0.417. The van der Waals surface area contributed by atoms with Gasteiger partial charge in [-0.25, -0.2) is 0 Å². The van der Waals surface area contributed by atoms with Crippen LogP contribution in [0.4, 0.5) is 0 Å². The Balaban J connectivity index is 2.29. The van der Waals surface area contributed by atoms with E-state index in [0.29, 0.717) is 0 Å². The minimum Gasteiger partial charge on any atom is -0.457 e. The summed E-state index contributed by atoms with van der Waals surface area (Å²) in [6.07, 6.45) is -0.536. The molecule has 6 heteroatoms. The summed E-state index contributed by atoms with van der Waals surface area (Å²) in [5, 5.41) is 11.3. The molecule has 0 spiro atoms. The topological polar surface area (TPSA) is 69.4 Å². The summed E-state index contributed by atoms with van der Waals surface area (Å²) >= 11 is 3.15. The Hall–Kier alpha value is -1.43. The lowest BCUT2D eigenvalue weighted by Crippen LogP contribution is -2.47. The average Bonchev–Trinajstić information content (AvgIpc) is 2.38. The summed E-state index contributed by atoms with van der Waals surface area (Å²) in [5.41, 5.74) is -0.478. The molecular weight excluding hydrogens is 302 g/mol. The standard InChI is InChI=1S/C12H12BrNO4/c13-8-12(14(16)17)6-10(18-11(15)7-12)9-4-2-1-3-5-9/h1-5,10H,6-8H2/t10-,12-/m0/s1. The first kappa shape index (κ1) is 13.0. The van der Waals surface area contributed by atoms with Crippen molar-refractivity contribution < 1.29 is 14.5 Å². The maximum Gasteiger partial charge on any atom is 0.313 e. The van der Waals surface area contributed by atoms with Crippen LogP contribution in [0.15, 0.2) is 30.3 Å². The molecule has 0 bridgehead atoms. The lowest BCUT2D eigenvalue weighted by Gasteiger charge is -2.32. The number of hydrogen-bond acceptors (Lipinski definition) is 4. The molecule has 1 saturated heterocycles. The van der Waals surface area contributed by atoms with Gasteiger partial charge < -0.3 is 4.74 Å². The molecule has 1 aromatic rings. The van der Waals surface area contributed by atoms with Crippen LogP contribution < -0.4 is 0 Å². The predicted octanol–water partition coefficient (Wildman–Crippen LogP) is 2.48. The number of ether oxygens (including phenoxy) is 1. The van der Waals surface area contributed by atoms with E-state index in [2.05, 4.69) is 15.9 Å². The second kappa shape index (κ2) is 5.06. The van der Waals surface area contributed by atoms with E-state index in [0.717, 1.165) is 5.56 Å². The molecule has 5 nitrogen and oxygen atoms in total. The number of alkyl halides is 1. The van der Waals surface area contributed by atoms with Gasteiger partial charge in [0.1, 0.15) is 12.5 Å². The molecule has 0 amide bonds. The Morgan fingerprint density at radius 3 is 2.67 bits per heavy atom. The van der Waals surface area contributed by atoms with Crippen molar-refractivity contribution in [2.45, 2.75) is 24.5 Å². The molecule has 1 heterocycles. The van der Waals surface area contributed by atoms with Gasteiger partial charge in [-0.15, -0.1) is 0 Å². The molecule has 0 aliphatic carbocycles. The Morgan fingerprint density at radius 2 is 2.11 bits per heavy atom. The number of nitrogens with zero attached hydrogens (tertiary/aromatic N) is 1. The second-order valence-corrected chi connectivity index (χ2v) is 4.95. The number of carbonyl (C=O) groups excluding carboxylic acids is 1. The maximum absolute atomic E-state index is 11.6. The third-order valence-electron chi connectivity index (χ3n) is 3.12. The lowest BCUT2D eigenvalue weighted by atomic mass is 9.86. The van der Waals surface area contributed by atoms with Crippen LogP contribution in [-0.4, -0.2) is 21.8 Å². The van der Waals surface area contributed by atoms with Crippen LogP contribution >= 0.6 is 15.9 Å². The number of rotatable bonds is 3. The summed E-state index contributed by atoms with van der Waals surface area (Å²) in [6, 6.07) is 9.10. The van der Waals surface area contributed by atoms with Crippen molar-refractivity contribution in [2.24, 2.45) is 0 Å². The van der Waals surface area contributed by atoms with Crippen molar-refractivity contribution in [3.8, 4) is 0 Å². The van der Waals surface area contributed by atoms with Crippen LogP contribution in [0.3, 0.4) is 0 Å². The van der Waals surface area contributed by atoms with Crippen LogP contribution in [0.1, 0.15) is 24.5 Å². The van der Waals surface area contributed by atoms with Crippen LogP contribution in [-0.2, 0) is 9.53 Å². The van der Waals surface area contributed by atoms with E-state index in [9.17, 15) is 14.9 Å². The fourth-order valence-corrected chi connectivity index (χ4v) is 2.70. The van der Waals surface area contributed by atoms with Gasteiger partial charge in [-0.1, -0.05) is 46.3 Å². The Kier molecular flexibility index (Phi) is 3.65. The van der Waals surface area contributed by atoms with Crippen molar-refractivity contribution in [3.05, 3.63) is 46.0 Å². The maximum atomic E-state index is 11.6. The average molecular weight is 314 g/mol. The highest BCUT2D eigenvalue weighted by atomic mass is 79.9. The van der Waals surface area contributed by atoms with Gasteiger partial charge in [0.15, 0.2) is 0 Å². The molecule has 0 radical (unpaired) electrons. The lowest BCUT2D eigenvalue weighted by molar-refractivity contribution is -0.568. The molecular formula is C12H12BrNO4. The van der Waals surface area contributed by atoms with Crippen molar-refractivity contribution in [1.29, 1.82) is 0 Å². The van der Waals surface area contributed by atoms with Gasteiger partial charge in [-0.3, -0.25) is 14.9 Å². The summed E-state index contributed by atoms with van der Waals surface area (Å²) in [7, 11) is 0. The van der Waals surface area contributed by atoms with E-state index in [1.165, 1.54) is 0 Å². The van der Waals surface area contributed by atoms with E-state index < -0.39 is 17.6 Å². The van der Waals surface area contributed by atoms with E-state index in [1.54, 1.807) is 0 Å². The number of benzene rings is 1. The van der Waals surface area contributed by atoms with E-state index >= 15 is 0 Å². The first-order chi connectivity index (χ1) is 8.57. The minimum absolute atomic E-state index is 0.144. The summed E-state index contributed by atoms with van der Waals surface area (Å²) < 4.78 is 5.22. The number of carbonyl (C=O) groups is 1. The SMILES string of the molecule is O=C1C[C@@](CBr)([N+](=O)[O-])C[C@@H](c2ccccc2)O1. The molecule has 1 fully saturated rings. The third-order valence-corrected chi connectivity index (χ3v) is 4.16. The van der Waals surface area contributed by atoms with E-state index in [1.807, 2.05) is 30.3 Å². The molecule has 96 valence electrons. The molecule has 0 unspecified atom stereocenters. The van der Waals surface area contributed by atoms with E-state index in [-0.39, 0.29) is 23.1 Å². The highest BCUT2D eigenvalue weighted by Crippen LogP contribution is 2.37. The molecule has 0 saturated carbocycles. The highest BCUT2D eigenvalue weighted by Gasteiger charge is 2.51. The van der Waals surface area contributed by atoms with Crippen LogP contribution in [0, 0.1) is 10.1 Å². The minimum atomic E-state index is -1.27. The fourth-order valence-electron chi connectivity index (χ4n) is 2.07. The van der Waals surface area contributed by atoms with Gasteiger partial charge in [0.25, 0.3) is 0 Å². The van der Waals surface area contributed by atoms with E-state index in [4.69, 9.17) is 4.74 Å². The molecule has 0 N–H and O–H groups in total. The number of hydrogen-bond donors (Lipinski definition) is 0. The van der Waals surface area contributed by atoms with Crippen molar-refractivity contribution in [1.82, 2.24) is 0 Å². The molecule has 18 heavy (non-hydrogen) atoms. The Labute approximate surface area is 112 Å². The largest absolute Gasteiger partial charge is 0.457 e. The highest BCUT2D eigenvalue weighted by molar-refractivity contribution is 9.09. The molecule has 2 rings (SSSR count). The molecule has 2 atom stereocenters. The quantitative estimate of drug-likeness (QED) is 0.372.